The summed E-state index contributed by atoms with van der Waals surface area (Å²) in [6, 6.07) is 14.8. The summed E-state index contributed by atoms with van der Waals surface area (Å²) >= 11 is 0. The number of hydrogen-bond donors (Lipinski definition) is 2. The Morgan fingerprint density at radius 3 is 2.84 bits per heavy atom. The van der Waals surface area contributed by atoms with Crippen LogP contribution in [0.1, 0.15) is 30.5 Å². The highest BCUT2D eigenvalue weighted by Crippen LogP contribution is 2.35. The molecule has 1 aromatic heterocycles. The molecule has 1 aliphatic heterocycles. The summed E-state index contributed by atoms with van der Waals surface area (Å²) in [7, 11) is 0. The van der Waals surface area contributed by atoms with Crippen LogP contribution in [0.4, 0.5) is 5.95 Å². The number of carbonyl (C=O) groups excluding carboxylic acids is 2. The van der Waals surface area contributed by atoms with Crippen LogP contribution in [-0.2, 0) is 16.1 Å². The van der Waals surface area contributed by atoms with E-state index < -0.39 is 0 Å². The highest BCUT2D eigenvalue weighted by molar-refractivity contribution is 5.91. The zero-order chi connectivity index (χ0) is 21.6. The van der Waals surface area contributed by atoms with Crippen molar-refractivity contribution in [2.45, 2.75) is 25.9 Å². The summed E-state index contributed by atoms with van der Waals surface area (Å²) in [5, 5.41) is 9.74. The smallest absolute Gasteiger partial charge is 0.258 e. The van der Waals surface area contributed by atoms with Gasteiger partial charge in [-0.3, -0.25) is 14.9 Å². The van der Waals surface area contributed by atoms with Crippen LogP contribution in [0.15, 0.2) is 54.9 Å². The average molecular weight is 421 g/mol. The van der Waals surface area contributed by atoms with Gasteiger partial charge in [0.2, 0.25) is 11.9 Å². The molecule has 2 N–H and O–H groups in total. The third-order valence-electron chi connectivity index (χ3n) is 4.84. The van der Waals surface area contributed by atoms with Crippen molar-refractivity contribution in [3.8, 4) is 11.5 Å². The van der Waals surface area contributed by atoms with Crippen LogP contribution in [0.25, 0.3) is 0 Å². The predicted octanol–water partition coefficient (Wildman–Crippen LogP) is 2.30. The summed E-state index contributed by atoms with van der Waals surface area (Å²) in [5.41, 5.74) is 1.85. The van der Waals surface area contributed by atoms with E-state index in [2.05, 4.69) is 20.7 Å². The molecule has 160 valence electrons. The lowest BCUT2D eigenvalue weighted by atomic mass is 10.0. The van der Waals surface area contributed by atoms with Crippen molar-refractivity contribution in [3.05, 3.63) is 66.0 Å². The average Bonchev–Trinajstić information content (AvgIpc) is 3.25. The number of nitrogens with zero attached hydrogens (tertiary/aromatic N) is 3. The Balaban J connectivity index is 1.44. The molecule has 2 aromatic carbocycles. The number of fused-ring (bicyclic) bond motifs is 1. The summed E-state index contributed by atoms with van der Waals surface area (Å²) in [4.78, 5) is 28.3. The Kier molecular flexibility index (Phi) is 6.11. The predicted molar refractivity (Wildman–Crippen MR) is 113 cm³/mol. The number of amides is 2. The van der Waals surface area contributed by atoms with Gasteiger partial charge >= 0.3 is 0 Å². The molecule has 9 heteroatoms. The molecule has 0 bridgehead atoms. The van der Waals surface area contributed by atoms with Gasteiger partial charge in [-0.25, -0.2) is 4.68 Å². The number of ether oxygens (including phenoxy) is 2. The molecule has 0 radical (unpaired) electrons. The quantitative estimate of drug-likeness (QED) is 0.578. The molecular weight excluding hydrogens is 398 g/mol. The van der Waals surface area contributed by atoms with Crippen molar-refractivity contribution in [2.75, 3.05) is 18.5 Å². The number of benzene rings is 2. The van der Waals surface area contributed by atoms with Gasteiger partial charge < -0.3 is 14.8 Å². The van der Waals surface area contributed by atoms with E-state index in [0.717, 1.165) is 11.1 Å². The van der Waals surface area contributed by atoms with Gasteiger partial charge in [0.25, 0.3) is 5.91 Å². The van der Waals surface area contributed by atoms with E-state index in [0.29, 0.717) is 30.6 Å². The van der Waals surface area contributed by atoms with Crippen LogP contribution in [0.2, 0.25) is 0 Å². The lowest BCUT2D eigenvalue weighted by Crippen LogP contribution is -2.29. The van der Waals surface area contributed by atoms with Gasteiger partial charge in [-0.15, -0.1) is 0 Å². The van der Waals surface area contributed by atoms with Gasteiger partial charge in [0.05, 0.1) is 19.1 Å². The maximum absolute atomic E-state index is 12.2. The number of nitrogens with one attached hydrogen (secondary N) is 2. The molecule has 1 aliphatic rings. The topological polar surface area (TPSA) is 107 Å². The van der Waals surface area contributed by atoms with Crippen molar-refractivity contribution in [3.63, 3.8) is 0 Å². The molecule has 1 atom stereocenters. The largest absolute Gasteiger partial charge is 0.490 e. The van der Waals surface area contributed by atoms with E-state index in [4.69, 9.17) is 9.47 Å². The molecule has 2 heterocycles. The Morgan fingerprint density at radius 2 is 2.03 bits per heavy atom. The first-order chi connectivity index (χ1) is 15.1. The highest BCUT2D eigenvalue weighted by Gasteiger charge is 2.28. The Morgan fingerprint density at radius 1 is 1.19 bits per heavy atom. The number of aromatic nitrogens is 3. The molecule has 0 spiro atoms. The van der Waals surface area contributed by atoms with Crippen LogP contribution < -0.4 is 20.1 Å². The molecule has 0 aliphatic carbocycles. The van der Waals surface area contributed by atoms with Crippen LogP contribution >= 0.6 is 0 Å². The number of rotatable bonds is 8. The van der Waals surface area contributed by atoms with Crippen molar-refractivity contribution in [1.82, 2.24) is 20.1 Å². The highest BCUT2D eigenvalue weighted by atomic mass is 16.5. The number of carbonyl (C=O) groups is 2. The third-order valence-corrected chi connectivity index (χ3v) is 4.84. The zero-order valence-corrected chi connectivity index (χ0v) is 17.1. The van der Waals surface area contributed by atoms with Crippen LogP contribution in [0.3, 0.4) is 0 Å². The van der Waals surface area contributed by atoms with Gasteiger partial charge in [-0.1, -0.05) is 36.4 Å². The fourth-order valence-electron chi connectivity index (χ4n) is 3.37. The molecule has 4 rings (SSSR count). The van der Waals surface area contributed by atoms with E-state index >= 15 is 0 Å². The van der Waals surface area contributed by atoms with Gasteiger partial charge in [-0.05, 0) is 30.2 Å². The molecular formula is C22H23N5O4. The van der Waals surface area contributed by atoms with Gasteiger partial charge in [-0.2, -0.15) is 10.1 Å². The third kappa shape index (κ3) is 4.82. The zero-order valence-electron chi connectivity index (χ0n) is 17.1. The minimum atomic E-state index is -0.298. The summed E-state index contributed by atoms with van der Waals surface area (Å²) in [6.45, 7) is 2.60. The molecule has 0 unspecified atom stereocenters. The van der Waals surface area contributed by atoms with E-state index in [1.165, 1.54) is 6.33 Å². The van der Waals surface area contributed by atoms with Crippen LogP contribution in [0, 0.1) is 0 Å². The molecule has 0 fully saturated rings. The lowest BCUT2D eigenvalue weighted by Gasteiger charge is -2.24. The van der Waals surface area contributed by atoms with E-state index in [1.807, 2.05) is 49.4 Å². The maximum Gasteiger partial charge on any atom is 0.258 e. The van der Waals surface area contributed by atoms with Gasteiger partial charge in [0, 0.05) is 6.54 Å². The van der Waals surface area contributed by atoms with Crippen molar-refractivity contribution < 1.29 is 19.1 Å². The number of anilines is 1. The van der Waals surface area contributed by atoms with Crippen LogP contribution in [-0.4, -0.2) is 39.8 Å². The Hall–Kier alpha value is -3.88. The Labute approximate surface area is 179 Å². The van der Waals surface area contributed by atoms with E-state index in [-0.39, 0.29) is 30.9 Å². The monoisotopic (exact) mass is 421 g/mol. The lowest BCUT2D eigenvalue weighted by molar-refractivity contribution is -0.123. The van der Waals surface area contributed by atoms with E-state index in [9.17, 15) is 9.59 Å². The summed E-state index contributed by atoms with van der Waals surface area (Å²) in [6.07, 6.45) is 1.65. The molecule has 0 saturated carbocycles. The van der Waals surface area contributed by atoms with Crippen LogP contribution in [0.5, 0.6) is 11.5 Å². The molecule has 2 amide bonds. The summed E-state index contributed by atoms with van der Waals surface area (Å²) in [5.74, 6) is 1.02. The SMILES string of the molecule is CCOc1cc([C@H]2CC(=O)Nc3ncnn32)ccc1OCC(=O)NCc1ccccc1. The molecule has 3 aromatic rings. The standard InChI is InChI=1S/C22H23N5O4/c1-2-30-19-10-16(17-11-20(28)26-22-24-14-25-27(17)22)8-9-18(19)31-13-21(29)23-12-15-6-4-3-5-7-15/h3-10,14,17H,2,11-13H2,1H3,(H,23,29)(H,24,25,26,28)/t17-/m1/s1. The van der Waals surface area contributed by atoms with Crippen molar-refractivity contribution in [1.29, 1.82) is 0 Å². The molecule has 31 heavy (non-hydrogen) atoms. The second kappa shape index (κ2) is 9.29. The van der Waals surface area contributed by atoms with E-state index in [1.54, 1.807) is 10.7 Å². The first kappa shape index (κ1) is 20.4. The maximum atomic E-state index is 12.2. The molecule has 0 saturated heterocycles. The first-order valence-corrected chi connectivity index (χ1v) is 10.0. The minimum absolute atomic E-state index is 0.126. The van der Waals surface area contributed by atoms with Gasteiger partial charge in [0.1, 0.15) is 6.33 Å². The van der Waals surface area contributed by atoms with Crippen molar-refractivity contribution in [2.24, 2.45) is 0 Å². The second-order valence-electron chi connectivity index (χ2n) is 6.99. The fourth-order valence-corrected chi connectivity index (χ4v) is 3.37. The summed E-state index contributed by atoms with van der Waals surface area (Å²) < 4.78 is 13.1. The van der Waals surface area contributed by atoms with Gasteiger partial charge in [0.15, 0.2) is 18.1 Å². The molecule has 9 nitrogen and oxygen atoms in total. The minimum Gasteiger partial charge on any atom is -0.490 e. The fraction of sp³-hybridized carbons (Fsp3) is 0.273. The normalized spacial score (nSPS) is 15.0. The first-order valence-electron chi connectivity index (χ1n) is 10.0. The Bertz CT molecular complexity index is 1070. The van der Waals surface area contributed by atoms with Crippen molar-refractivity contribution >= 4 is 17.8 Å². The second-order valence-corrected chi connectivity index (χ2v) is 6.99. The number of hydrogen-bond acceptors (Lipinski definition) is 6.